The lowest BCUT2D eigenvalue weighted by molar-refractivity contribution is 0.0702. The Bertz CT molecular complexity index is 407. The summed E-state index contributed by atoms with van der Waals surface area (Å²) in [5.74, 6) is -1.01. The van der Waals surface area contributed by atoms with Crippen LogP contribution in [0.4, 0.5) is 5.13 Å². The van der Waals surface area contributed by atoms with E-state index >= 15 is 0 Å². The van der Waals surface area contributed by atoms with Gasteiger partial charge in [-0.3, -0.25) is 0 Å². The fourth-order valence-electron chi connectivity index (χ4n) is 1.65. The number of hydrogen-bond donors (Lipinski definition) is 1. The number of anilines is 1. The molecule has 0 saturated carbocycles. The number of aromatic carboxylic acids is 1. The molecule has 0 bridgehead atoms. The van der Waals surface area contributed by atoms with Crippen LogP contribution in [0.3, 0.4) is 0 Å². The zero-order chi connectivity index (χ0) is 13.7. The first kappa shape index (κ1) is 15.2. The minimum atomic E-state index is -1.01. The number of halogens is 1. The van der Waals surface area contributed by atoms with E-state index in [0.29, 0.717) is 5.13 Å². The third-order valence-corrected chi connectivity index (χ3v) is 4.11. The van der Waals surface area contributed by atoms with E-state index in [0.717, 1.165) is 37.1 Å². The van der Waals surface area contributed by atoms with Crippen LogP contribution in [-0.2, 0) is 0 Å². The molecule has 4 nitrogen and oxygen atoms in total. The third kappa shape index (κ3) is 3.85. The Kier molecular flexibility index (Phi) is 5.88. The summed E-state index contributed by atoms with van der Waals surface area (Å²) < 4.78 is 0. The van der Waals surface area contributed by atoms with Gasteiger partial charge in [-0.1, -0.05) is 42.7 Å². The van der Waals surface area contributed by atoms with Crippen LogP contribution in [0.1, 0.15) is 49.7 Å². The van der Waals surface area contributed by atoms with Crippen molar-refractivity contribution in [3.8, 4) is 0 Å². The SMILES string of the molecule is CCCCCN(c1nc(Cl)c(C(=O)O)s1)C(C)C. The maximum atomic E-state index is 11.0. The number of nitrogens with zero attached hydrogens (tertiary/aromatic N) is 2. The van der Waals surface area contributed by atoms with Gasteiger partial charge in [0.25, 0.3) is 0 Å². The van der Waals surface area contributed by atoms with Crippen LogP contribution < -0.4 is 4.90 Å². The van der Waals surface area contributed by atoms with E-state index < -0.39 is 5.97 Å². The molecular weight excluding hydrogens is 272 g/mol. The van der Waals surface area contributed by atoms with Gasteiger partial charge in [0, 0.05) is 12.6 Å². The number of carboxylic acids is 1. The lowest BCUT2D eigenvalue weighted by atomic mass is 10.2. The highest BCUT2D eigenvalue weighted by atomic mass is 35.5. The molecule has 0 fully saturated rings. The quantitative estimate of drug-likeness (QED) is 0.774. The molecule has 0 saturated heterocycles. The highest BCUT2D eigenvalue weighted by Gasteiger charge is 2.20. The molecule has 1 aromatic rings. The molecular formula is C12H19ClN2O2S. The summed E-state index contributed by atoms with van der Waals surface area (Å²) in [5, 5.41) is 9.77. The number of aromatic nitrogens is 1. The molecule has 0 amide bonds. The predicted octanol–water partition coefficient (Wildman–Crippen LogP) is 3.90. The number of hydrogen-bond acceptors (Lipinski definition) is 4. The van der Waals surface area contributed by atoms with Crippen molar-refractivity contribution in [2.24, 2.45) is 0 Å². The Balaban J connectivity index is 2.85. The first-order chi connectivity index (χ1) is 8.47. The fourth-order valence-corrected chi connectivity index (χ4v) is 2.94. The van der Waals surface area contributed by atoms with E-state index in [9.17, 15) is 4.79 Å². The standard InChI is InChI=1S/C12H19ClN2O2S/c1-4-5-6-7-15(8(2)3)12-14-10(13)9(18-12)11(16)17/h8H,4-7H2,1-3H3,(H,16,17). The van der Waals surface area contributed by atoms with Crippen molar-refractivity contribution in [3.05, 3.63) is 10.0 Å². The normalized spacial score (nSPS) is 10.9. The summed E-state index contributed by atoms with van der Waals surface area (Å²) in [6, 6.07) is 0.283. The van der Waals surface area contributed by atoms with Crippen LogP contribution in [0, 0.1) is 0 Å². The van der Waals surface area contributed by atoms with Gasteiger partial charge < -0.3 is 10.0 Å². The van der Waals surface area contributed by atoms with Crippen molar-refractivity contribution in [1.82, 2.24) is 4.98 Å². The van der Waals surface area contributed by atoms with Crippen molar-refractivity contribution in [3.63, 3.8) is 0 Å². The zero-order valence-corrected chi connectivity index (χ0v) is 12.5. The molecule has 0 unspecified atom stereocenters. The van der Waals surface area contributed by atoms with Crippen LogP contribution in [0.15, 0.2) is 0 Å². The smallest absolute Gasteiger partial charge is 0.349 e. The molecule has 0 atom stereocenters. The van der Waals surface area contributed by atoms with Crippen molar-refractivity contribution in [2.45, 2.75) is 46.1 Å². The number of unbranched alkanes of at least 4 members (excludes halogenated alkanes) is 2. The Hall–Kier alpha value is -0.810. The minimum absolute atomic E-state index is 0.0867. The van der Waals surface area contributed by atoms with Crippen LogP contribution in [0.2, 0.25) is 5.15 Å². The van der Waals surface area contributed by atoms with Gasteiger partial charge in [-0.15, -0.1) is 0 Å². The Morgan fingerprint density at radius 1 is 1.50 bits per heavy atom. The van der Waals surface area contributed by atoms with Gasteiger partial charge in [0.2, 0.25) is 0 Å². The largest absolute Gasteiger partial charge is 0.477 e. The highest BCUT2D eigenvalue weighted by Crippen LogP contribution is 2.30. The van der Waals surface area contributed by atoms with Gasteiger partial charge in [-0.2, -0.15) is 0 Å². The van der Waals surface area contributed by atoms with Crippen LogP contribution in [0.25, 0.3) is 0 Å². The Labute approximate surface area is 117 Å². The van der Waals surface area contributed by atoms with Gasteiger partial charge in [0.1, 0.15) is 0 Å². The molecule has 0 spiro atoms. The molecule has 0 aliphatic carbocycles. The summed E-state index contributed by atoms with van der Waals surface area (Å²) in [6.07, 6.45) is 3.40. The second kappa shape index (κ2) is 6.95. The molecule has 1 aromatic heterocycles. The maximum absolute atomic E-state index is 11.0. The summed E-state index contributed by atoms with van der Waals surface area (Å²) in [6.45, 7) is 7.18. The first-order valence-corrected chi connectivity index (χ1v) is 7.33. The average Bonchev–Trinajstić information content (AvgIpc) is 2.66. The van der Waals surface area contributed by atoms with Crippen LogP contribution in [0.5, 0.6) is 0 Å². The van der Waals surface area contributed by atoms with Crippen molar-refractivity contribution in [2.75, 3.05) is 11.4 Å². The van der Waals surface area contributed by atoms with E-state index in [4.69, 9.17) is 16.7 Å². The summed E-state index contributed by atoms with van der Waals surface area (Å²) >= 11 is 6.99. The maximum Gasteiger partial charge on any atom is 0.349 e. The molecule has 0 aliphatic rings. The van der Waals surface area contributed by atoms with Crippen molar-refractivity contribution >= 4 is 34.0 Å². The van der Waals surface area contributed by atoms with Gasteiger partial charge in [-0.05, 0) is 20.3 Å². The molecule has 102 valence electrons. The zero-order valence-electron chi connectivity index (χ0n) is 10.9. The van der Waals surface area contributed by atoms with Gasteiger partial charge in [0.05, 0.1) is 0 Å². The fraction of sp³-hybridized carbons (Fsp3) is 0.667. The highest BCUT2D eigenvalue weighted by molar-refractivity contribution is 7.18. The number of carboxylic acid groups (broad SMARTS) is 1. The van der Waals surface area contributed by atoms with E-state index in [2.05, 4.69) is 30.7 Å². The van der Waals surface area contributed by atoms with Crippen molar-refractivity contribution < 1.29 is 9.90 Å². The van der Waals surface area contributed by atoms with Crippen LogP contribution >= 0.6 is 22.9 Å². The lowest BCUT2D eigenvalue weighted by Crippen LogP contribution is -2.31. The van der Waals surface area contributed by atoms with E-state index in [1.807, 2.05) is 0 Å². The van der Waals surface area contributed by atoms with Gasteiger partial charge in [-0.25, -0.2) is 9.78 Å². The topological polar surface area (TPSA) is 53.4 Å². The van der Waals surface area contributed by atoms with E-state index in [1.165, 1.54) is 0 Å². The summed E-state index contributed by atoms with van der Waals surface area (Å²) in [5.41, 5.74) is 0. The van der Waals surface area contributed by atoms with Gasteiger partial charge in [0.15, 0.2) is 15.2 Å². The molecule has 1 rings (SSSR count). The summed E-state index contributed by atoms with van der Waals surface area (Å²) in [4.78, 5) is 17.3. The Morgan fingerprint density at radius 2 is 2.17 bits per heavy atom. The number of rotatable bonds is 7. The van der Waals surface area contributed by atoms with Crippen molar-refractivity contribution in [1.29, 1.82) is 0 Å². The molecule has 6 heteroatoms. The Morgan fingerprint density at radius 3 is 2.61 bits per heavy atom. The third-order valence-electron chi connectivity index (χ3n) is 2.64. The molecule has 0 aliphatic heterocycles. The second-order valence-electron chi connectivity index (χ2n) is 4.42. The average molecular weight is 291 g/mol. The summed E-state index contributed by atoms with van der Waals surface area (Å²) in [7, 11) is 0. The second-order valence-corrected chi connectivity index (χ2v) is 5.75. The molecule has 0 radical (unpaired) electrons. The first-order valence-electron chi connectivity index (χ1n) is 6.13. The lowest BCUT2D eigenvalue weighted by Gasteiger charge is -2.25. The number of thiazole rings is 1. The molecule has 1 N–H and O–H groups in total. The molecule has 18 heavy (non-hydrogen) atoms. The van der Waals surface area contributed by atoms with E-state index in [-0.39, 0.29) is 16.1 Å². The molecule has 0 aromatic carbocycles. The van der Waals surface area contributed by atoms with Gasteiger partial charge >= 0.3 is 5.97 Å². The predicted molar refractivity (Wildman–Crippen MR) is 76.1 cm³/mol. The monoisotopic (exact) mass is 290 g/mol. The minimum Gasteiger partial charge on any atom is -0.477 e. The molecule has 1 heterocycles. The van der Waals surface area contributed by atoms with Crippen LogP contribution in [-0.4, -0.2) is 28.6 Å². The number of carbonyl (C=O) groups is 1. The van der Waals surface area contributed by atoms with E-state index in [1.54, 1.807) is 0 Å².